The van der Waals surface area contributed by atoms with Gasteiger partial charge in [0.1, 0.15) is 17.4 Å². The van der Waals surface area contributed by atoms with E-state index in [2.05, 4.69) is 23.2 Å². The lowest BCUT2D eigenvalue weighted by Gasteiger charge is -2.16. The van der Waals surface area contributed by atoms with Gasteiger partial charge in [-0.15, -0.1) is 22.9 Å². The molecule has 0 spiro atoms. The van der Waals surface area contributed by atoms with E-state index < -0.39 is 0 Å². The second-order valence-electron chi connectivity index (χ2n) is 4.79. The summed E-state index contributed by atoms with van der Waals surface area (Å²) in [4.78, 5) is 4.39. The van der Waals surface area contributed by atoms with E-state index in [4.69, 9.17) is 16.3 Å². The Morgan fingerprint density at radius 2 is 2.05 bits per heavy atom. The van der Waals surface area contributed by atoms with Crippen LogP contribution in [0, 0.1) is 0 Å². The van der Waals surface area contributed by atoms with Crippen molar-refractivity contribution in [1.82, 2.24) is 4.98 Å². The average molecular weight is 294 g/mol. The van der Waals surface area contributed by atoms with Gasteiger partial charge in [0.25, 0.3) is 0 Å². The summed E-state index contributed by atoms with van der Waals surface area (Å²) in [6, 6.07) is 6.46. The highest BCUT2D eigenvalue weighted by Gasteiger charge is 2.10. The van der Waals surface area contributed by atoms with Gasteiger partial charge in [0.2, 0.25) is 0 Å². The molecule has 0 saturated heterocycles. The number of nitrogens with zero attached hydrogens (tertiary/aromatic N) is 1. The molecule has 4 heteroatoms. The highest BCUT2D eigenvalue weighted by Crippen LogP contribution is 2.26. The van der Waals surface area contributed by atoms with Crippen molar-refractivity contribution in [3.63, 3.8) is 0 Å². The lowest BCUT2D eigenvalue weighted by molar-refractivity contribution is 0.305. The molecule has 0 bridgehead atoms. The molecule has 3 rings (SSSR count). The molecule has 1 aromatic carbocycles. The Morgan fingerprint density at radius 3 is 2.84 bits per heavy atom. The fourth-order valence-electron chi connectivity index (χ4n) is 2.42. The maximum absolute atomic E-state index is 5.82. The molecular formula is C15H16ClNOS. The van der Waals surface area contributed by atoms with Crippen LogP contribution in [0.1, 0.15) is 34.7 Å². The first-order chi connectivity index (χ1) is 9.35. The standard InChI is InChI=1S/C15H16ClNOS/c16-8-13-10-19-15(17-13)9-18-14-6-5-11-3-1-2-4-12(11)7-14/h5-7,10H,1-4,8-9H2. The molecule has 100 valence electrons. The maximum Gasteiger partial charge on any atom is 0.140 e. The van der Waals surface area contributed by atoms with Gasteiger partial charge in [-0.1, -0.05) is 6.07 Å². The molecule has 1 heterocycles. The Bertz CT molecular complexity index is 567. The molecule has 0 saturated carbocycles. The van der Waals surface area contributed by atoms with E-state index in [0.717, 1.165) is 16.5 Å². The maximum atomic E-state index is 5.82. The summed E-state index contributed by atoms with van der Waals surface area (Å²) in [5, 5.41) is 2.96. The summed E-state index contributed by atoms with van der Waals surface area (Å²) in [6.45, 7) is 0.528. The SMILES string of the molecule is ClCc1csc(COc2ccc3c(c2)CCCC3)n1. The summed E-state index contributed by atoms with van der Waals surface area (Å²) in [5.74, 6) is 1.42. The average Bonchev–Trinajstić information content (AvgIpc) is 2.93. The van der Waals surface area contributed by atoms with E-state index in [1.54, 1.807) is 11.3 Å². The van der Waals surface area contributed by atoms with Crippen LogP contribution in [-0.4, -0.2) is 4.98 Å². The Labute approximate surface area is 122 Å². The van der Waals surface area contributed by atoms with Crippen molar-refractivity contribution < 1.29 is 4.74 Å². The van der Waals surface area contributed by atoms with E-state index in [0.29, 0.717) is 12.5 Å². The van der Waals surface area contributed by atoms with Crippen molar-refractivity contribution in [2.24, 2.45) is 0 Å². The summed E-state index contributed by atoms with van der Waals surface area (Å²) >= 11 is 7.34. The number of halogens is 1. The lowest BCUT2D eigenvalue weighted by Crippen LogP contribution is -2.03. The Balaban J connectivity index is 1.66. The number of aromatic nitrogens is 1. The van der Waals surface area contributed by atoms with Gasteiger partial charge in [-0.25, -0.2) is 4.98 Å². The Kier molecular flexibility index (Phi) is 4.04. The molecule has 2 nitrogen and oxygen atoms in total. The van der Waals surface area contributed by atoms with Crippen molar-refractivity contribution in [2.45, 2.75) is 38.2 Å². The molecule has 1 aromatic heterocycles. The predicted octanol–water partition coefficient (Wildman–Crippen LogP) is 4.34. The third-order valence-corrected chi connectivity index (χ3v) is 4.56. The molecule has 0 unspecified atom stereocenters. The van der Waals surface area contributed by atoms with Gasteiger partial charge < -0.3 is 4.74 Å². The zero-order valence-corrected chi connectivity index (χ0v) is 12.3. The van der Waals surface area contributed by atoms with Crippen LogP contribution >= 0.6 is 22.9 Å². The molecule has 0 atom stereocenters. The fraction of sp³-hybridized carbons (Fsp3) is 0.400. The van der Waals surface area contributed by atoms with Crippen LogP contribution in [0.2, 0.25) is 0 Å². The largest absolute Gasteiger partial charge is 0.486 e. The molecule has 1 aliphatic carbocycles. The van der Waals surface area contributed by atoms with Crippen LogP contribution in [0.4, 0.5) is 0 Å². The number of ether oxygens (including phenoxy) is 1. The van der Waals surface area contributed by atoms with E-state index in [1.807, 2.05) is 5.38 Å². The molecule has 0 N–H and O–H groups in total. The molecule has 2 aromatic rings. The van der Waals surface area contributed by atoms with Crippen LogP contribution in [0.5, 0.6) is 5.75 Å². The zero-order valence-electron chi connectivity index (χ0n) is 10.7. The number of aryl methyl sites for hydroxylation is 2. The van der Waals surface area contributed by atoms with Gasteiger partial charge in [0, 0.05) is 5.38 Å². The molecule has 0 aliphatic heterocycles. The first-order valence-corrected chi connectivity index (χ1v) is 8.00. The smallest absolute Gasteiger partial charge is 0.140 e. The first kappa shape index (κ1) is 12.9. The van der Waals surface area contributed by atoms with Gasteiger partial charge in [-0.2, -0.15) is 0 Å². The lowest BCUT2D eigenvalue weighted by atomic mass is 9.92. The van der Waals surface area contributed by atoms with Crippen molar-refractivity contribution in [2.75, 3.05) is 0 Å². The number of fused-ring (bicyclic) bond motifs is 1. The number of rotatable bonds is 4. The summed E-state index contributed by atoms with van der Waals surface area (Å²) in [7, 11) is 0. The number of hydrogen-bond acceptors (Lipinski definition) is 3. The van der Waals surface area contributed by atoms with Crippen LogP contribution in [0.25, 0.3) is 0 Å². The minimum atomic E-state index is 0.468. The van der Waals surface area contributed by atoms with Crippen molar-refractivity contribution in [3.8, 4) is 5.75 Å². The number of alkyl halides is 1. The molecule has 1 aliphatic rings. The number of benzene rings is 1. The van der Waals surface area contributed by atoms with Crippen molar-refractivity contribution >= 4 is 22.9 Å². The molecule has 19 heavy (non-hydrogen) atoms. The Morgan fingerprint density at radius 1 is 1.21 bits per heavy atom. The van der Waals surface area contributed by atoms with Gasteiger partial charge >= 0.3 is 0 Å². The summed E-state index contributed by atoms with van der Waals surface area (Å²) in [5.41, 5.74) is 3.86. The Hall–Kier alpha value is -1.06. The predicted molar refractivity (Wildman–Crippen MR) is 79.1 cm³/mol. The van der Waals surface area contributed by atoms with E-state index in [-0.39, 0.29) is 0 Å². The minimum absolute atomic E-state index is 0.468. The zero-order chi connectivity index (χ0) is 13.1. The van der Waals surface area contributed by atoms with Crippen LogP contribution in [-0.2, 0) is 25.3 Å². The molecular weight excluding hydrogens is 278 g/mol. The van der Waals surface area contributed by atoms with E-state index in [9.17, 15) is 0 Å². The normalized spacial score (nSPS) is 14.2. The van der Waals surface area contributed by atoms with Gasteiger partial charge in [0.05, 0.1) is 11.6 Å². The molecule has 0 fully saturated rings. The third kappa shape index (κ3) is 3.10. The molecule has 0 amide bonds. The number of hydrogen-bond donors (Lipinski definition) is 0. The highest BCUT2D eigenvalue weighted by molar-refractivity contribution is 7.09. The topological polar surface area (TPSA) is 22.1 Å². The minimum Gasteiger partial charge on any atom is -0.486 e. The summed E-state index contributed by atoms with van der Waals surface area (Å²) in [6.07, 6.45) is 5.00. The quantitative estimate of drug-likeness (QED) is 0.782. The van der Waals surface area contributed by atoms with Crippen molar-refractivity contribution in [3.05, 3.63) is 45.4 Å². The van der Waals surface area contributed by atoms with E-state index in [1.165, 1.54) is 36.8 Å². The van der Waals surface area contributed by atoms with Crippen LogP contribution < -0.4 is 4.74 Å². The first-order valence-electron chi connectivity index (χ1n) is 6.59. The van der Waals surface area contributed by atoms with Crippen LogP contribution in [0.15, 0.2) is 23.6 Å². The molecule has 0 radical (unpaired) electrons. The van der Waals surface area contributed by atoms with Gasteiger partial charge in [-0.3, -0.25) is 0 Å². The third-order valence-electron chi connectivity index (χ3n) is 3.42. The van der Waals surface area contributed by atoms with Crippen molar-refractivity contribution in [1.29, 1.82) is 0 Å². The van der Waals surface area contributed by atoms with Gasteiger partial charge in [0.15, 0.2) is 0 Å². The monoisotopic (exact) mass is 293 g/mol. The summed E-state index contributed by atoms with van der Waals surface area (Å²) < 4.78 is 5.82. The number of thiazole rings is 1. The fourth-order valence-corrected chi connectivity index (χ4v) is 3.35. The highest BCUT2D eigenvalue weighted by atomic mass is 35.5. The van der Waals surface area contributed by atoms with Crippen LogP contribution in [0.3, 0.4) is 0 Å². The van der Waals surface area contributed by atoms with E-state index >= 15 is 0 Å². The second kappa shape index (κ2) is 5.93. The second-order valence-corrected chi connectivity index (χ2v) is 6.00. The van der Waals surface area contributed by atoms with Gasteiger partial charge in [-0.05, 0) is 48.9 Å².